The van der Waals surface area contributed by atoms with E-state index in [1.54, 1.807) is 11.3 Å². The second-order valence-electron chi connectivity index (χ2n) is 11.5. The number of benzene rings is 1. The summed E-state index contributed by atoms with van der Waals surface area (Å²) in [6.45, 7) is 11.5. The molecule has 1 aliphatic carbocycles. The highest BCUT2D eigenvalue weighted by Crippen LogP contribution is 2.47. The van der Waals surface area contributed by atoms with Crippen molar-refractivity contribution in [3.05, 3.63) is 39.7 Å². The van der Waals surface area contributed by atoms with E-state index in [9.17, 15) is 9.90 Å². The zero-order chi connectivity index (χ0) is 23.4. The maximum absolute atomic E-state index is 12.7. The number of hydrogen-bond donors (Lipinski definition) is 2. The van der Waals surface area contributed by atoms with Crippen LogP contribution in [0, 0.1) is 0 Å². The number of thiazole rings is 1. The number of hydrogen-bond acceptors (Lipinski definition) is 5. The highest BCUT2D eigenvalue weighted by molar-refractivity contribution is 7.10. The zero-order valence-electron chi connectivity index (χ0n) is 20.4. The number of carbonyl (C=O) groups excluding carboxylic acids is 1. The van der Waals surface area contributed by atoms with E-state index >= 15 is 0 Å². The maximum atomic E-state index is 12.7. The predicted molar refractivity (Wildman–Crippen MR) is 134 cm³/mol. The van der Waals surface area contributed by atoms with Crippen LogP contribution in [0.4, 0.5) is 0 Å². The summed E-state index contributed by atoms with van der Waals surface area (Å²) in [5.74, 6) is 0.562. The second-order valence-corrected chi connectivity index (χ2v) is 12.4. The lowest BCUT2D eigenvalue weighted by atomic mass is 9.63. The first kappa shape index (κ1) is 23.0. The molecule has 2 aromatic rings. The van der Waals surface area contributed by atoms with Gasteiger partial charge in [0, 0.05) is 36.5 Å². The molecule has 1 aromatic carbocycles. The molecule has 0 radical (unpaired) electrons. The molecule has 2 atom stereocenters. The summed E-state index contributed by atoms with van der Waals surface area (Å²) in [6, 6.07) is 6.76. The Labute approximate surface area is 201 Å². The summed E-state index contributed by atoms with van der Waals surface area (Å²) in [7, 11) is 0. The Morgan fingerprint density at radius 1 is 1.12 bits per heavy atom. The van der Waals surface area contributed by atoms with E-state index in [0.29, 0.717) is 18.9 Å². The fraction of sp³-hybridized carbons (Fsp3) is 0.630. The highest BCUT2D eigenvalue weighted by atomic mass is 32.1. The van der Waals surface area contributed by atoms with Gasteiger partial charge in [0.15, 0.2) is 0 Å². The zero-order valence-corrected chi connectivity index (χ0v) is 21.2. The van der Waals surface area contributed by atoms with Crippen LogP contribution < -0.4 is 5.32 Å². The summed E-state index contributed by atoms with van der Waals surface area (Å²) in [5.41, 5.74) is 5.69. The summed E-state index contributed by atoms with van der Waals surface area (Å²) in [6.07, 6.45) is 4.49. The average Bonchev–Trinajstić information content (AvgIpc) is 3.46. The van der Waals surface area contributed by atoms with Gasteiger partial charge in [0.05, 0.1) is 22.8 Å². The van der Waals surface area contributed by atoms with Crippen molar-refractivity contribution in [2.75, 3.05) is 19.6 Å². The van der Waals surface area contributed by atoms with Crippen LogP contribution in [-0.4, -0.2) is 52.7 Å². The Hall–Kier alpha value is -1.76. The van der Waals surface area contributed by atoms with Crippen LogP contribution in [0.25, 0.3) is 11.3 Å². The standard InChI is InChI=1S/C27H37N3O2S/c1-26(2)9-10-27(3,4)21-13-18(5-6-20(21)26)23-16-33-24(29-23)17-7-11-30(12-8-17)25(32)22-14-19(31)15-28-22/h5-6,13,16-17,19,22,28,31H,7-12,14-15H2,1-4H3/t19-,22?/m0/s1. The Morgan fingerprint density at radius 2 is 1.82 bits per heavy atom. The Kier molecular flexibility index (Phi) is 5.91. The van der Waals surface area contributed by atoms with Crippen LogP contribution >= 0.6 is 11.3 Å². The van der Waals surface area contributed by atoms with Crippen molar-refractivity contribution in [1.82, 2.24) is 15.2 Å². The lowest BCUT2D eigenvalue weighted by Gasteiger charge is -2.42. The number of amides is 1. The average molecular weight is 468 g/mol. The predicted octanol–water partition coefficient (Wildman–Crippen LogP) is 4.59. The third-order valence-corrected chi connectivity index (χ3v) is 9.24. The van der Waals surface area contributed by atoms with Crippen molar-refractivity contribution in [1.29, 1.82) is 0 Å². The van der Waals surface area contributed by atoms with E-state index in [0.717, 1.165) is 31.6 Å². The molecule has 0 spiro atoms. The monoisotopic (exact) mass is 467 g/mol. The van der Waals surface area contributed by atoms with Crippen LogP contribution in [0.2, 0.25) is 0 Å². The summed E-state index contributed by atoms with van der Waals surface area (Å²) >= 11 is 1.76. The van der Waals surface area contributed by atoms with E-state index in [-0.39, 0.29) is 22.8 Å². The minimum Gasteiger partial charge on any atom is -0.392 e. The van der Waals surface area contributed by atoms with Crippen molar-refractivity contribution >= 4 is 17.2 Å². The first-order valence-corrected chi connectivity index (χ1v) is 13.3. The van der Waals surface area contributed by atoms with E-state index < -0.39 is 6.10 Å². The molecule has 178 valence electrons. The van der Waals surface area contributed by atoms with Gasteiger partial charge in [0.2, 0.25) is 5.91 Å². The van der Waals surface area contributed by atoms with Gasteiger partial charge in [0.1, 0.15) is 0 Å². The lowest BCUT2D eigenvalue weighted by Crippen LogP contribution is -2.46. The second kappa shape index (κ2) is 8.47. The smallest absolute Gasteiger partial charge is 0.239 e. The van der Waals surface area contributed by atoms with Crippen molar-refractivity contribution < 1.29 is 9.90 Å². The van der Waals surface area contributed by atoms with Crippen LogP contribution in [0.15, 0.2) is 23.6 Å². The molecule has 2 N–H and O–H groups in total. The first-order valence-electron chi connectivity index (χ1n) is 12.5. The molecule has 6 heteroatoms. The third kappa shape index (κ3) is 4.38. The Bertz CT molecular complexity index is 1040. The van der Waals surface area contributed by atoms with Crippen molar-refractivity contribution in [2.24, 2.45) is 0 Å². The molecular weight excluding hydrogens is 430 g/mol. The van der Waals surface area contributed by atoms with Gasteiger partial charge in [-0.05, 0) is 60.1 Å². The molecule has 1 unspecified atom stereocenters. The van der Waals surface area contributed by atoms with Crippen LogP contribution in [0.1, 0.15) is 81.9 Å². The Balaban J connectivity index is 1.28. The number of aromatic nitrogens is 1. The minimum atomic E-state index is -0.398. The number of carbonyl (C=O) groups is 1. The topological polar surface area (TPSA) is 65.5 Å². The van der Waals surface area contributed by atoms with Gasteiger partial charge in [0.25, 0.3) is 0 Å². The maximum Gasteiger partial charge on any atom is 0.239 e. The molecular formula is C27H37N3O2S. The number of fused-ring (bicyclic) bond motifs is 1. The summed E-state index contributed by atoms with van der Waals surface area (Å²) in [4.78, 5) is 19.8. The minimum absolute atomic E-state index is 0.143. The normalized spacial score (nSPS) is 26.9. The van der Waals surface area contributed by atoms with Gasteiger partial charge in [-0.1, -0.05) is 39.8 Å². The summed E-state index contributed by atoms with van der Waals surface area (Å²) < 4.78 is 0. The molecule has 2 saturated heterocycles. The molecule has 5 rings (SSSR count). The number of nitrogens with zero attached hydrogens (tertiary/aromatic N) is 2. The first-order chi connectivity index (χ1) is 15.6. The van der Waals surface area contributed by atoms with Crippen molar-refractivity contribution in [3.63, 3.8) is 0 Å². The molecule has 0 saturated carbocycles. The molecule has 1 aromatic heterocycles. The highest BCUT2D eigenvalue weighted by Gasteiger charge is 2.37. The fourth-order valence-electron chi connectivity index (χ4n) is 5.83. The Morgan fingerprint density at radius 3 is 2.48 bits per heavy atom. The van der Waals surface area contributed by atoms with Crippen LogP contribution in [-0.2, 0) is 15.6 Å². The van der Waals surface area contributed by atoms with Gasteiger partial charge < -0.3 is 15.3 Å². The van der Waals surface area contributed by atoms with E-state index in [1.165, 1.54) is 34.5 Å². The van der Waals surface area contributed by atoms with Gasteiger partial charge in [-0.25, -0.2) is 4.98 Å². The van der Waals surface area contributed by atoms with Gasteiger partial charge in [-0.3, -0.25) is 4.79 Å². The number of likely N-dealkylation sites (tertiary alicyclic amines) is 1. The van der Waals surface area contributed by atoms with Crippen LogP contribution in [0.5, 0.6) is 0 Å². The molecule has 2 aliphatic heterocycles. The number of aliphatic hydroxyl groups is 1. The van der Waals surface area contributed by atoms with Crippen molar-refractivity contribution in [2.45, 2.75) is 88.7 Å². The largest absolute Gasteiger partial charge is 0.392 e. The molecule has 1 amide bonds. The van der Waals surface area contributed by atoms with E-state index in [1.807, 2.05) is 4.90 Å². The number of nitrogens with one attached hydrogen (secondary N) is 1. The third-order valence-electron chi connectivity index (χ3n) is 8.23. The van der Waals surface area contributed by atoms with Gasteiger partial charge in [-0.2, -0.15) is 0 Å². The number of piperidine rings is 1. The van der Waals surface area contributed by atoms with Gasteiger partial charge >= 0.3 is 0 Å². The molecule has 2 fully saturated rings. The number of aliphatic hydroxyl groups excluding tert-OH is 1. The van der Waals surface area contributed by atoms with Gasteiger partial charge in [-0.15, -0.1) is 11.3 Å². The van der Waals surface area contributed by atoms with E-state index in [4.69, 9.17) is 4.98 Å². The fourth-order valence-corrected chi connectivity index (χ4v) is 6.83. The quantitative estimate of drug-likeness (QED) is 0.693. The molecule has 5 nitrogen and oxygen atoms in total. The lowest BCUT2D eigenvalue weighted by molar-refractivity contribution is -0.134. The molecule has 0 bridgehead atoms. The van der Waals surface area contributed by atoms with Crippen molar-refractivity contribution in [3.8, 4) is 11.3 Å². The van der Waals surface area contributed by atoms with E-state index in [2.05, 4.69) is 56.6 Å². The molecule has 3 heterocycles. The van der Waals surface area contributed by atoms with Crippen LogP contribution in [0.3, 0.4) is 0 Å². The molecule has 33 heavy (non-hydrogen) atoms. The molecule has 3 aliphatic rings. The SMILES string of the molecule is CC1(C)CCC(C)(C)c2cc(-c3csc(C4CCN(C(=O)C5C[C@H](O)CN5)CC4)n3)ccc21. The summed E-state index contributed by atoms with van der Waals surface area (Å²) in [5, 5.41) is 16.3. The number of β-amino-alcohol motifs (C(OH)–C–C–N with tert-alkyl or cyclic N) is 1. The number of rotatable bonds is 3.